The summed E-state index contributed by atoms with van der Waals surface area (Å²) >= 11 is 1.68. The SMILES string of the molecule is c1csc(CNCCc2cnc[nH]2)n1. The third-order valence-corrected chi connectivity index (χ3v) is 2.67. The number of hydrogen-bond donors (Lipinski definition) is 2. The van der Waals surface area contributed by atoms with Gasteiger partial charge in [-0.05, 0) is 0 Å². The van der Waals surface area contributed by atoms with E-state index in [0.717, 1.165) is 30.2 Å². The molecule has 0 radical (unpaired) electrons. The number of aromatic nitrogens is 3. The lowest BCUT2D eigenvalue weighted by molar-refractivity contribution is 0.678. The number of aromatic amines is 1. The molecule has 0 amide bonds. The van der Waals surface area contributed by atoms with E-state index in [4.69, 9.17) is 0 Å². The van der Waals surface area contributed by atoms with Crippen LogP contribution in [0.25, 0.3) is 0 Å². The zero-order chi connectivity index (χ0) is 9.64. The van der Waals surface area contributed by atoms with Gasteiger partial charge in [0.2, 0.25) is 0 Å². The number of thiazole rings is 1. The summed E-state index contributed by atoms with van der Waals surface area (Å²) in [6.07, 6.45) is 6.36. The molecule has 0 unspecified atom stereocenters. The molecule has 0 aliphatic rings. The molecule has 74 valence electrons. The third-order valence-electron chi connectivity index (χ3n) is 1.89. The fourth-order valence-electron chi connectivity index (χ4n) is 1.18. The molecular formula is C9H12N4S. The van der Waals surface area contributed by atoms with Gasteiger partial charge >= 0.3 is 0 Å². The molecule has 14 heavy (non-hydrogen) atoms. The molecule has 2 N–H and O–H groups in total. The molecule has 4 nitrogen and oxygen atoms in total. The van der Waals surface area contributed by atoms with Crippen LogP contribution in [-0.2, 0) is 13.0 Å². The lowest BCUT2D eigenvalue weighted by Crippen LogP contribution is -2.16. The summed E-state index contributed by atoms with van der Waals surface area (Å²) < 4.78 is 0. The lowest BCUT2D eigenvalue weighted by Gasteiger charge is -2.00. The van der Waals surface area contributed by atoms with Crippen molar-refractivity contribution in [2.75, 3.05) is 6.54 Å². The predicted octanol–water partition coefficient (Wildman–Crippen LogP) is 1.20. The number of nitrogens with one attached hydrogen (secondary N) is 2. The molecule has 0 aliphatic carbocycles. The fourth-order valence-corrected chi connectivity index (χ4v) is 1.77. The van der Waals surface area contributed by atoms with Gasteiger partial charge < -0.3 is 10.3 Å². The Morgan fingerprint density at radius 1 is 1.50 bits per heavy atom. The lowest BCUT2D eigenvalue weighted by atomic mass is 10.3. The molecule has 0 saturated carbocycles. The highest BCUT2D eigenvalue weighted by atomic mass is 32.1. The van der Waals surface area contributed by atoms with Crippen LogP contribution in [0.3, 0.4) is 0 Å². The van der Waals surface area contributed by atoms with Crippen molar-refractivity contribution in [3.05, 3.63) is 34.8 Å². The maximum atomic E-state index is 4.19. The summed E-state index contributed by atoms with van der Waals surface area (Å²) in [5.41, 5.74) is 1.16. The van der Waals surface area contributed by atoms with Crippen molar-refractivity contribution in [2.45, 2.75) is 13.0 Å². The molecule has 2 aromatic heterocycles. The smallest absolute Gasteiger partial charge is 0.106 e. The zero-order valence-corrected chi connectivity index (χ0v) is 8.55. The second-order valence-electron chi connectivity index (χ2n) is 2.93. The van der Waals surface area contributed by atoms with Crippen molar-refractivity contribution in [2.24, 2.45) is 0 Å². The van der Waals surface area contributed by atoms with E-state index in [9.17, 15) is 0 Å². The first-order valence-corrected chi connectivity index (χ1v) is 5.39. The molecule has 2 heterocycles. The minimum absolute atomic E-state index is 0.853. The number of H-pyrrole nitrogens is 1. The van der Waals surface area contributed by atoms with Crippen molar-refractivity contribution in [1.82, 2.24) is 20.3 Å². The van der Waals surface area contributed by atoms with Gasteiger partial charge in [0.1, 0.15) is 5.01 Å². The van der Waals surface area contributed by atoms with Crippen LogP contribution in [0, 0.1) is 0 Å². The number of nitrogens with zero attached hydrogens (tertiary/aromatic N) is 2. The minimum atomic E-state index is 0.853. The van der Waals surface area contributed by atoms with Gasteiger partial charge in [0.15, 0.2) is 0 Å². The van der Waals surface area contributed by atoms with Crippen LogP contribution in [0.15, 0.2) is 24.1 Å². The van der Waals surface area contributed by atoms with Crippen LogP contribution in [0.4, 0.5) is 0 Å². The first kappa shape index (κ1) is 9.36. The third kappa shape index (κ3) is 2.65. The second-order valence-corrected chi connectivity index (χ2v) is 3.91. The van der Waals surface area contributed by atoms with Gasteiger partial charge in [-0.25, -0.2) is 9.97 Å². The van der Waals surface area contributed by atoms with E-state index < -0.39 is 0 Å². The zero-order valence-electron chi connectivity index (χ0n) is 7.73. The number of rotatable bonds is 5. The molecule has 0 spiro atoms. The highest BCUT2D eigenvalue weighted by Crippen LogP contribution is 2.02. The van der Waals surface area contributed by atoms with E-state index in [0.29, 0.717) is 0 Å². The van der Waals surface area contributed by atoms with Crippen LogP contribution in [0.2, 0.25) is 0 Å². The largest absolute Gasteiger partial charge is 0.348 e. The quantitative estimate of drug-likeness (QED) is 0.726. The van der Waals surface area contributed by atoms with E-state index >= 15 is 0 Å². The average molecular weight is 208 g/mol. The van der Waals surface area contributed by atoms with Gasteiger partial charge in [-0.15, -0.1) is 11.3 Å². The topological polar surface area (TPSA) is 53.6 Å². The molecule has 0 aromatic carbocycles. The maximum Gasteiger partial charge on any atom is 0.106 e. The van der Waals surface area contributed by atoms with E-state index in [1.807, 2.05) is 17.8 Å². The van der Waals surface area contributed by atoms with Crippen molar-refractivity contribution >= 4 is 11.3 Å². The van der Waals surface area contributed by atoms with E-state index in [1.54, 1.807) is 17.7 Å². The van der Waals surface area contributed by atoms with Crippen molar-refractivity contribution < 1.29 is 0 Å². The highest BCUT2D eigenvalue weighted by molar-refractivity contribution is 7.09. The van der Waals surface area contributed by atoms with E-state index in [2.05, 4.69) is 20.3 Å². The van der Waals surface area contributed by atoms with Gasteiger partial charge in [-0.3, -0.25) is 0 Å². The minimum Gasteiger partial charge on any atom is -0.348 e. The summed E-state index contributed by atoms with van der Waals surface area (Å²) in [6, 6.07) is 0. The summed E-state index contributed by atoms with van der Waals surface area (Å²) in [5, 5.41) is 6.45. The van der Waals surface area contributed by atoms with Crippen LogP contribution in [0.1, 0.15) is 10.7 Å². The average Bonchev–Trinajstić information content (AvgIpc) is 2.86. The Morgan fingerprint density at radius 2 is 2.50 bits per heavy atom. The number of imidazole rings is 1. The molecule has 2 rings (SSSR count). The van der Waals surface area contributed by atoms with Crippen LogP contribution >= 0.6 is 11.3 Å². The predicted molar refractivity (Wildman–Crippen MR) is 56.1 cm³/mol. The highest BCUT2D eigenvalue weighted by Gasteiger charge is 1.95. The summed E-state index contributed by atoms with van der Waals surface area (Å²) in [4.78, 5) is 11.2. The van der Waals surface area contributed by atoms with Crippen LogP contribution in [0.5, 0.6) is 0 Å². The molecule has 0 fully saturated rings. The fraction of sp³-hybridized carbons (Fsp3) is 0.333. The Labute approximate surface area is 86.4 Å². The Hall–Kier alpha value is -1.20. The van der Waals surface area contributed by atoms with Crippen LogP contribution in [-0.4, -0.2) is 21.5 Å². The molecule has 0 saturated heterocycles. The first-order valence-electron chi connectivity index (χ1n) is 4.51. The molecule has 0 bridgehead atoms. The van der Waals surface area contributed by atoms with Crippen LogP contribution < -0.4 is 5.32 Å². The summed E-state index contributed by atoms with van der Waals surface area (Å²) in [5.74, 6) is 0. The summed E-state index contributed by atoms with van der Waals surface area (Å²) in [6.45, 7) is 1.80. The molecular weight excluding hydrogens is 196 g/mol. The molecule has 0 atom stereocenters. The Balaban J connectivity index is 1.65. The first-order chi connectivity index (χ1) is 6.95. The van der Waals surface area contributed by atoms with E-state index in [1.165, 1.54) is 0 Å². The maximum absolute atomic E-state index is 4.19. The van der Waals surface area contributed by atoms with Crippen molar-refractivity contribution in [3.8, 4) is 0 Å². The monoisotopic (exact) mass is 208 g/mol. The van der Waals surface area contributed by atoms with Crippen molar-refractivity contribution in [1.29, 1.82) is 0 Å². The Morgan fingerprint density at radius 3 is 3.21 bits per heavy atom. The standard InChI is InChI=1S/C9H12N4S/c1(8-5-11-7-13-8)2-10-6-9-12-3-4-14-9/h3-5,7,10H,1-2,6H2,(H,11,13). The second kappa shape index (κ2) is 4.88. The van der Waals surface area contributed by atoms with Gasteiger partial charge in [-0.2, -0.15) is 0 Å². The van der Waals surface area contributed by atoms with Gasteiger partial charge in [0.25, 0.3) is 0 Å². The van der Waals surface area contributed by atoms with Gasteiger partial charge in [-0.1, -0.05) is 0 Å². The Bertz CT molecular complexity index is 305. The number of hydrogen-bond acceptors (Lipinski definition) is 4. The van der Waals surface area contributed by atoms with E-state index in [-0.39, 0.29) is 0 Å². The molecule has 2 aromatic rings. The molecule has 0 aliphatic heterocycles. The summed E-state index contributed by atoms with van der Waals surface area (Å²) in [7, 11) is 0. The Kier molecular flexibility index (Phi) is 3.26. The van der Waals surface area contributed by atoms with Gasteiger partial charge in [0.05, 0.1) is 6.33 Å². The molecule has 5 heteroatoms. The normalized spacial score (nSPS) is 10.6. The van der Waals surface area contributed by atoms with Crippen molar-refractivity contribution in [3.63, 3.8) is 0 Å². The van der Waals surface area contributed by atoms with Gasteiger partial charge in [0, 0.05) is 43.0 Å².